The zero-order chi connectivity index (χ0) is 16.7. The first-order valence-electron chi connectivity index (χ1n) is 7.37. The predicted octanol–water partition coefficient (Wildman–Crippen LogP) is 3.45. The summed E-state index contributed by atoms with van der Waals surface area (Å²) in [5, 5.41) is 22.3. The molecule has 120 valence electrons. The molecule has 2 aromatic carbocycles. The number of ether oxygens (including phenoxy) is 1. The molecule has 0 aliphatic carbocycles. The zero-order valence-electron chi connectivity index (χ0n) is 12.9. The average molecular weight is 331 g/mol. The van der Waals surface area contributed by atoms with E-state index in [-0.39, 0.29) is 12.6 Å². The SMILES string of the molecule is CC(C#N)Oc1ccc(CNC(CO)c2ccc(Cl)cc2)cc1. The summed E-state index contributed by atoms with van der Waals surface area (Å²) in [6.07, 6.45) is -0.470. The number of nitriles is 1. The van der Waals surface area contributed by atoms with Crippen molar-refractivity contribution >= 4 is 11.6 Å². The quantitative estimate of drug-likeness (QED) is 0.816. The molecule has 0 fully saturated rings. The first-order valence-corrected chi connectivity index (χ1v) is 7.75. The van der Waals surface area contributed by atoms with E-state index in [9.17, 15) is 5.11 Å². The van der Waals surface area contributed by atoms with Crippen molar-refractivity contribution in [2.75, 3.05) is 6.61 Å². The second-order valence-corrected chi connectivity index (χ2v) is 5.64. The number of rotatable bonds is 7. The Labute approximate surface area is 141 Å². The van der Waals surface area contributed by atoms with Gasteiger partial charge in [-0.2, -0.15) is 5.26 Å². The van der Waals surface area contributed by atoms with Crippen LogP contribution in [0.3, 0.4) is 0 Å². The molecule has 0 heterocycles. The highest BCUT2D eigenvalue weighted by Gasteiger charge is 2.10. The molecular formula is C18H19ClN2O2. The third-order valence-electron chi connectivity index (χ3n) is 3.43. The van der Waals surface area contributed by atoms with Crippen LogP contribution in [0, 0.1) is 11.3 Å². The van der Waals surface area contributed by atoms with Crippen LogP contribution in [-0.2, 0) is 6.54 Å². The second-order valence-electron chi connectivity index (χ2n) is 5.20. The monoisotopic (exact) mass is 330 g/mol. The Morgan fingerprint density at radius 2 is 1.83 bits per heavy atom. The fourth-order valence-electron chi connectivity index (χ4n) is 2.14. The maximum Gasteiger partial charge on any atom is 0.181 e. The van der Waals surface area contributed by atoms with E-state index in [4.69, 9.17) is 21.6 Å². The fourth-order valence-corrected chi connectivity index (χ4v) is 2.27. The highest BCUT2D eigenvalue weighted by atomic mass is 35.5. The van der Waals surface area contributed by atoms with Crippen LogP contribution in [0.4, 0.5) is 0 Å². The van der Waals surface area contributed by atoms with Crippen molar-refractivity contribution < 1.29 is 9.84 Å². The van der Waals surface area contributed by atoms with Crippen molar-refractivity contribution in [1.82, 2.24) is 5.32 Å². The van der Waals surface area contributed by atoms with Gasteiger partial charge in [-0.3, -0.25) is 0 Å². The van der Waals surface area contributed by atoms with Gasteiger partial charge >= 0.3 is 0 Å². The van der Waals surface area contributed by atoms with Gasteiger partial charge in [-0.15, -0.1) is 0 Å². The summed E-state index contributed by atoms with van der Waals surface area (Å²) in [4.78, 5) is 0. The number of nitrogens with zero attached hydrogens (tertiary/aromatic N) is 1. The first-order chi connectivity index (χ1) is 11.1. The molecule has 0 amide bonds. The first kappa shape index (κ1) is 17.3. The standard InChI is InChI=1S/C18H19ClN2O2/c1-13(10-20)23-17-8-2-14(3-9-17)11-21-18(12-22)15-4-6-16(19)7-5-15/h2-9,13,18,21-22H,11-12H2,1H3. The van der Waals surface area contributed by atoms with Crippen molar-refractivity contribution in [2.24, 2.45) is 0 Å². The molecule has 0 bridgehead atoms. The van der Waals surface area contributed by atoms with Gasteiger partial charge in [0.1, 0.15) is 11.8 Å². The van der Waals surface area contributed by atoms with Crippen LogP contribution in [-0.4, -0.2) is 17.8 Å². The van der Waals surface area contributed by atoms with Crippen molar-refractivity contribution in [2.45, 2.75) is 25.6 Å². The van der Waals surface area contributed by atoms with E-state index in [1.807, 2.05) is 54.6 Å². The zero-order valence-corrected chi connectivity index (χ0v) is 13.6. The minimum atomic E-state index is -0.470. The molecule has 5 heteroatoms. The molecule has 0 saturated carbocycles. The fraction of sp³-hybridized carbons (Fsp3) is 0.278. The van der Waals surface area contributed by atoms with Gasteiger partial charge < -0.3 is 15.2 Å². The topological polar surface area (TPSA) is 65.3 Å². The number of aliphatic hydroxyl groups excluding tert-OH is 1. The summed E-state index contributed by atoms with van der Waals surface area (Å²) in [5.74, 6) is 0.666. The lowest BCUT2D eigenvalue weighted by Gasteiger charge is -2.17. The van der Waals surface area contributed by atoms with Gasteiger partial charge in [0.05, 0.1) is 12.6 Å². The van der Waals surface area contributed by atoms with Crippen LogP contribution in [0.5, 0.6) is 5.75 Å². The summed E-state index contributed by atoms with van der Waals surface area (Å²) in [7, 11) is 0. The van der Waals surface area contributed by atoms with E-state index in [1.54, 1.807) is 6.92 Å². The van der Waals surface area contributed by atoms with E-state index in [0.717, 1.165) is 11.1 Å². The lowest BCUT2D eigenvalue weighted by atomic mass is 10.1. The van der Waals surface area contributed by atoms with Gasteiger partial charge in [0.2, 0.25) is 0 Å². The number of nitrogens with one attached hydrogen (secondary N) is 1. The van der Waals surface area contributed by atoms with Crippen LogP contribution in [0.25, 0.3) is 0 Å². The van der Waals surface area contributed by atoms with Crippen LogP contribution in [0.15, 0.2) is 48.5 Å². The van der Waals surface area contributed by atoms with E-state index in [1.165, 1.54) is 0 Å². The molecule has 0 aromatic heterocycles. The molecule has 2 atom stereocenters. The van der Waals surface area contributed by atoms with Gasteiger partial charge in [-0.05, 0) is 42.3 Å². The summed E-state index contributed by atoms with van der Waals surface area (Å²) < 4.78 is 5.41. The molecule has 2 unspecified atom stereocenters. The Morgan fingerprint density at radius 3 is 2.39 bits per heavy atom. The third kappa shape index (κ3) is 5.26. The molecule has 2 N–H and O–H groups in total. The smallest absolute Gasteiger partial charge is 0.181 e. The van der Waals surface area contributed by atoms with E-state index in [0.29, 0.717) is 17.3 Å². The number of benzene rings is 2. The number of hydrogen-bond donors (Lipinski definition) is 2. The number of halogens is 1. The minimum absolute atomic E-state index is 0.00249. The molecule has 4 nitrogen and oxygen atoms in total. The second kappa shape index (κ2) is 8.54. The Bertz CT molecular complexity index is 650. The van der Waals surface area contributed by atoms with Crippen LogP contribution < -0.4 is 10.1 Å². The van der Waals surface area contributed by atoms with Gasteiger partial charge in [0, 0.05) is 11.6 Å². The molecule has 23 heavy (non-hydrogen) atoms. The van der Waals surface area contributed by atoms with E-state index in [2.05, 4.69) is 5.32 Å². The molecule has 0 spiro atoms. The predicted molar refractivity (Wildman–Crippen MR) is 90.3 cm³/mol. The van der Waals surface area contributed by atoms with Crippen LogP contribution in [0.1, 0.15) is 24.1 Å². The molecule has 0 aliphatic rings. The molecule has 0 saturated heterocycles. The van der Waals surface area contributed by atoms with E-state index < -0.39 is 6.10 Å². The van der Waals surface area contributed by atoms with Crippen LogP contribution in [0.2, 0.25) is 5.02 Å². The molecular weight excluding hydrogens is 312 g/mol. The maximum absolute atomic E-state index is 9.55. The Morgan fingerprint density at radius 1 is 1.17 bits per heavy atom. The van der Waals surface area contributed by atoms with Gasteiger partial charge in [-0.1, -0.05) is 35.9 Å². The molecule has 2 aromatic rings. The molecule has 0 radical (unpaired) electrons. The summed E-state index contributed by atoms with van der Waals surface area (Å²) in [5.41, 5.74) is 2.05. The Balaban J connectivity index is 1.93. The Kier molecular flexibility index (Phi) is 6.42. The van der Waals surface area contributed by atoms with Crippen LogP contribution >= 0.6 is 11.6 Å². The number of aliphatic hydroxyl groups is 1. The minimum Gasteiger partial charge on any atom is -0.476 e. The highest BCUT2D eigenvalue weighted by Crippen LogP contribution is 2.18. The normalized spacial score (nSPS) is 13.1. The van der Waals surface area contributed by atoms with Gasteiger partial charge in [0.25, 0.3) is 0 Å². The summed E-state index contributed by atoms with van der Waals surface area (Å²) in [6, 6.07) is 16.8. The van der Waals surface area contributed by atoms with Crippen molar-refractivity contribution in [1.29, 1.82) is 5.26 Å². The largest absolute Gasteiger partial charge is 0.476 e. The van der Waals surface area contributed by atoms with Crippen molar-refractivity contribution in [3.63, 3.8) is 0 Å². The van der Waals surface area contributed by atoms with Gasteiger partial charge in [-0.25, -0.2) is 0 Å². The lowest BCUT2D eigenvalue weighted by Crippen LogP contribution is -2.23. The van der Waals surface area contributed by atoms with Crippen molar-refractivity contribution in [3.8, 4) is 11.8 Å². The summed E-state index contributed by atoms with van der Waals surface area (Å²) >= 11 is 5.88. The van der Waals surface area contributed by atoms with E-state index >= 15 is 0 Å². The Hall–Kier alpha value is -2.06. The van der Waals surface area contributed by atoms with Gasteiger partial charge in [0.15, 0.2) is 6.10 Å². The average Bonchev–Trinajstić information content (AvgIpc) is 2.58. The third-order valence-corrected chi connectivity index (χ3v) is 3.68. The highest BCUT2D eigenvalue weighted by molar-refractivity contribution is 6.30. The molecule has 2 rings (SSSR count). The summed E-state index contributed by atoms with van der Waals surface area (Å²) in [6.45, 7) is 2.32. The molecule has 0 aliphatic heterocycles. The van der Waals surface area contributed by atoms with Crippen molar-refractivity contribution in [3.05, 3.63) is 64.7 Å². The maximum atomic E-state index is 9.55. The lowest BCUT2D eigenvalue weighted by molar-refractivity contribution is 0.243. The number of hydrogen-bond acceptors (Lipinski definition) is 4.